The molecule has 0 bridgehead atoms. The molecule has 0 fully saturated rings. The number of guanidine groups is 1. The third-order valence-corrected chi connectivity index (χ3v) is 6.64. The fourth-order valence-electron chi connectivity index (χ4n) is 2.10. The van der Waals surface area contributed by atoms with Gasteiger partial charge in [-0.2, -0.15) is 0 Å². The lowest BCUT2D eigenvalue weighted by Gasteiger charge is -2.17. The summed E-state index contributed by atoms with van der Waals surface area (Å²) in [5.74, 6) is 1.31. The van der Waals surface area contributed by atoms with Crippen molar-refractivity contribution in [2.24, 2.45) is 4.99 Å². The number of sulfonamides is 1. The van der Waals surface area contributed by atoms with Gasteiger partial charge in [0.2, 0.25) is 10.0 Å². The van der Waals surface area contributed by atoms with E-state index in [0.717, 1.165) is 25.5 Å². The standard InChI is InChI=1S/C16H30N4O2S2/c1-5-17-16(19-13-14(3)15-9-7-12-23-15)18-10-8-11-20(4)24(21,22)6-2/h7,9,12,14H,5-6,8,10-11,13H2,1-4H3,(H2,17,18,19). The molecule has 24 heavy (non-hydrogen) atoms. The molecule has 0 spiro atoms. The smallest absolute Gasteiger partial charge is 0.213 e. The van der Waals surface area contributed by atoms with Crippen LogP contribution in [0.2, 0.25) is 0 Å². The lowest BCUT2D eigenvalue weighted by molar-refractivity contribution is 0.461. The minimum atomic E-state index is -3.09. The maximum Gasteiger partial charge on any atom is 0.213 e. The zero-order valence-corrected chi connectivity index (χ0v) is 16.7. The van der Waals surface area contributed by atoms with Crippen molar-refractivity contribution < 1.29 is 8.42 Å². The van der Waals surface area contributed by atoms with Gasteiger partial charge in [-0.25, -0.2) is 12.7 Å². The minimum Gasteiger partial charge on any atom is -0.357 e. The molecule has 6 nitrogen and oxygen atoms in total. The summed E-state index contributed by atoms with van der Waals surface area (Å²) in [7, 11) is -1.47. The van der Waals surface area contributed by atoms with Crippen molar-refractivity contribution in [3.63, 3.8) is 0 Å². The molecule has 0 saturated carbocycles. The molecule has 1 rings (SSSR count). The lowest BCUT2D eigenvalue weighted by Crippen LogP contribution is -2.39. The molecule has 138 valence electrons. The van der Waals surface area contributed by atoms with E-state index in [1.807, 2.05) is 6.92 Å². The van der Waals surface area contributed by atoms with E-state index >= 15 is 0 Å². The summed E-state index contributed by atoms with van der Waals surface area (Å²) in [6.45, 7) is 8.57. The Labute approximate surface area is 150 Å². The molecule has 0 amide bonds. The van der Waals surface area contributed by atoms with Crippen LogP contribution in [0.15, 0.2) is 22.5 Å². The molecule has 0 aliphatic heterocycles. The van der Waals surface area contributed by atoms with E-state index in [9.17, 15) is 8.42 Å². The maximum absolute atomic E-state index is 11.7. The number of hydrogen-bond donors (Lipinski definition) is 2. The Morgan fingerprint density at radius 3 is 2.71 bits per heavy atom. The average molecular weight is 375 g/mol. The fraction of sp³-hybridized carbons (Fsp3) is 0.688. The van der Waals surface area contributed by atoms with Crippen molar-refractivity contribution in [2.45, 2.75) is 33.1 Å². The summed E-state index contributed by atoms with van der Waals surface area (Å²) in [5.41, 5.74) is 0. The van der Waals surface area contributed by atoms with Gasteiger partial charge in [0.25, 0.3) is 0 Å². The third-order valence-electron chi connectivity index (χ3n) is 3.68. The van der Waals surface area contributed by atoms with Crippen LogP contribution in [0.1, 0.15) is 38.0 Å². The summed E-state index contributed by atoms with van der Waals surface area (Å²) in [6, 6.07) is 4.19. The van der Waals surface area contributed by atoms with Crippen LogP contribution in [0.3, 0.4) is 0 Å². The first-order valence-corrected chi connectivity index (χ1v) is 10.9. The molecule has 1 aromatic rings. The number of nitrogens with zero attached hydrogens (tertiary/aromatic N) is 2. The van der Waals surface area contributed by atoms with Crippen LogP contribution in [0.25, 0.3) is 0 Å². The van der Waals surface area contributed by atoms with E-state index < -0.39 is 10.0 Å². The molecule has 1 heterocycles. The van der Waals surface area contributed by atoms with E-state index in [1.165, 1.54) is 9.18 Å². The molecule has 0 aliphatic carbocycles. The Morgan fingerprint density at radius 2 is 2.12 bits per heavy atom. The lowest BCUT2D eigenvalue weighted by atomic mass is 10.1. The van der Waals surface area contributed by atoms with Gasteiger partial charge in [0.05, 0.1) is 12.3 Å². The Bertz CT molecular complexity index is 585. The Kier molecular flexibility index (Phi) is 9.31. The molecule has 1 atom stereocenters. The predicted octanol–water partition coefficient (Wildman–Crippen LogP) is 2.08. The Hall–Kier alpha value is -1.12. The summed E-state index contributed by atoms with van der Waals surface area (Å²) in [6.07, 6.45) is 0.737. The SMILES string of the molecule is CCNC(=NCC(C)c1cccs1)NCCCN(C)S(=O)(=O)CC. The molecule has 0 radical (unpaired) electrons. The molecule has 1 unspecified atom stereocenters. The third kappa shape index (κ3) is 7.19. The van der Waals surface area contributed by atoms with Crippen molar-refractivity contribution in [3.8, 4) is 0 Å². The zero-order chi connectivity index (χ0) is 18.0. The van der Waals surface area contributed by atoms with Crippen molar-refractivity contribution in [1.82, 2.24) is 14.9 Å². The molecule has 1 aromatic heterocycles. The van der Waals surface area contributed by atoms with Gasteiger partial charge in [0.1, 0.15) is 0 Å². The maximum atomic E-state index is 11.7. The highest BCUT2D eigenvalue weighted by molar-refractivity contribution is 7.89. The fourth-order valence-corrected chi connectivity index (χ4v) is 3.73. The first-order valence-electron chi connectivity index (χ1n) is 8.40. The highest BCUT2D eigenvalue weighted by atomic mass is 32.2. The summed E-state index contributed by atoms with van der Waals surface area (Å²) in [4.78, 5) is 5.95. The van der Waals surface area contributed by atoms with Gasteiger partial charge >= 0.3 is 0 Å². The van der Waals surface area contributed by atoms with Crippen molar-refractivity contribution in [3.05, 3.63) is 22.4 Å². The van der Waals surface area contributed by atoms with E-state index in [4.69, 9.17) is 0 Å². The van der Waals surface area contributed by atoms with Crippen LogP contribution < -0.4 is 10.6 Å². The molecule has 0 saturated heterocycles. The van der Waals surface area contributed by atoms with Crippen LogP contribution in [-0.2, 0) is 10.0 Å². The van der Waals surface area contributed by atoms with Crippen molar-refractivity contribution in [2.75, 3.05) is 39.0 Å². The molecule has 2 N–H and O–H groups in total. The second-order valence-electron chi connectivity index (χ2n) is 5.64. The van der Waals surface area contributed by atoms with Gasteiger partial charge in [-0.05, 0) is 31.7 Å². The van der Waals surface area contributed by atoms with Crippen molar-refractivity contribution >= 4 is 27.3 Å². The first-order chi connectivity index (χ1) is 11.4. The molecule has 0 aromatic carbocycles. The van der Waals surface area contributed by atoms with Crippen LogP contribution in [0.4, 0.5) is 0 Å². The van der Waals surface area contributed by atoms with Gasteiger partial charge < -0.3 is 10.6 Å². The normalized spacial score (nSPS) is 14.0. The van der Waals surface area contributed by atoms with Gasteiger partial charge in [-0.1, -0.05) is 13.0 Å². The van der Waals surface area contributed by atoms with Crippen LogP contribution in [-0.4, -0.2) is 57.7 Å². The predicted molar refractivity (Wildman–Crippen MR) is 103 cm³/mol. The number of aliphatic imine (C=N–C) groups is 1. The number of nitrogens with one attached hydrogen (secondary N) is 2. The number of hydrogen-bond acceptors (Lipinski definition) is 4. The topological polar surface area (TPSA) is 73.8 Å². The van der Waals surface area contributed by atoms with Gasteiger partial charge in [0.15, 0.2) is 5.96 Å². The number of thiophene rings is 1. The average Bonchev–Trinajstić information content (AvgIpc) is 3.10. The second-order valence-corrected chi connectivity index (χ2v) is 8.98. The van der Waals surface area contributed by atoms with Crippen LogP contribution in [0, 0.1) is 0 Å². The minimum absolute atomic E-state index is 0.141. The molecule has 8 heteroatoms. The van der Waals surface area contributed by atoms with E-state index in [2.05, 4.69) is 40.1 Å². The monoisotopic (exact) mass is 374 g/mol. The summed E-state index contributed by atoms with van der Waals surface area (Å²) >= 11 is 1.75. The number of rotatable bonds is 10. The quantitative estimate of drug-likeness (QED) is 0.374. The summed E-state index contributed by atoms with van der Waals surface area (Å²) in [5, 5.41) is 8.57. The van der Waals surface area contributed by atoms with E-state index in [1.54, 1.807) is 25.3 Å². The van der Waals surface area contributed by atoms with Crippen LogP contribution in [0.5, 0.6) is 0 Å². The Balaban J connectivity index is 2.41. The van der Waals surface area contributed by atoms with Gasteiger partial charge in [0, 0.05) is 37.5 Å². The summed E-state index contributed by atoms with van der Waals surface area (Å²) < 4.78 is 24.8. The molecule has 0 aliphatic rings. The molecular weight excluding hydrogens is 344 g/mol. The van der Waals surface area contributed by atoms with E-state index in [-0.39, 0.29) is 5.75 Å². The van der Waals surface area contributed by atoms with Crippen LogP contribution >= 0.6 is 11.3 Å². The molecular formula is C16H30N4O2S2. The first kappa shape index (κ1) is 20.9. The van der Waals surface area contributed by atoms with Gasteiger partial charge in [-0.15, -0.1) is 11.3 Å². The van der Waals surface area contributed by atoms with Gasteiger partial charge in [-0.3, -0.25) is 4.99 Å². The highest BCUT2D eigenvalue weighted by Gasteiger charge is 2.14. The van der Waals surface area contributed by atoms with Crippen molar-refractivity contribution in [1.29, 1.82) is 0 Å². The second kappa shape index (κ2) is 10.7. The van der Waals surface area contributed by atoms with E-state index in [0.29, 0.717) is 19.0 Å². The Morgan fingerprint density at radius 1 is 1.38 bits per heavy atom. The zero-order valence-electron chi connectivity index (χ0n) is 15.1. The highest BCUT2D eigenvalue weighted by Crippen LogP contribution is 2.20. The largest absolute Gasteiger partial charge is 0.357 e.